The summed E-state index contributed by atoms with van der Waals surface area (Å²) in [4.78, 5) is 20.7. The third-order valence-electron chi connectivity index (χ3n) is 5.34. The second-order valence-electron chi connectivity index (χ2n) is 7.31. The van der Waals surface area contributed by atoms with Gasteiger partial charge in [-0.05, 0) is 31.0 Å². The first kappa shape index (κ1) is 18.2. The number of nitrogens with zero attached hydrogens (tertiary/aromatic N) is 3. The molecule has 0 aliphatic heterocycles. The van der Waals surface area contributed by atoms with E-state index >= 15 is 0 Å². The highest BCUT2D eigenvalue weighted by atomic mass is 16.1. The fourth-order valence-electron chi connectivity index (χ4n) is 3.79. The zero-order valence-corrected chi connectivity index (χ0v) is 15.9. The van der Waals surface area contributed by atoms with Crippen molar-refractivity contribution in [1.29, 1.82) is 0 Å². The first-order valence-electron chi connectivity index (χ1n) is 9.53. The Hall–Kier alpha value is -3.13. The molecule has 1 fully saturated rings. The summed E-state index contributed by atoms with van der Waals surface area (Å²) in [5.74, 6) is 0.282. The number of fused-ring (bicyclic) bond motifs is 1. The number of hydrogen-bond acceptors (Lipinski definition) is 6. The topological polar surface area (TPSA) is 124 Å². The molecule has 1 amide bonds. The molecule has 1 aliphatic carbocycles. The Morgan fingerprint density at radius 2 is 2.07 bits per heavy atom. The van der Waals surface area contributed by atoms with Crippen molar-refractivity contribution in [2.45, 2.75) is 37.8 Å². The van der Waals surface area contributed by atoms with Crippen LogP contribution in [0.25, 0.3) is 10.9 Å². The van der Waals surface area contributed by atoms with Gasteiger partial charge >= 0.3 is 0 Å². The third-order valence-corrected chi connectivity index (χ3v) is 5.34. The van der Waals surface area contributed by atoms with Crippen LogP contribution in [0.2, 0.25) is 0 Å². The summed E-state index contributed by atoms with van der Waals surface area (Å²) >= 11 is 0. The minimum absolute atomic E-state index is 0.0841. The molecule has 28 heavy (non-hydrogen) atoms. The van der Waals surface area contributed by atoms with Crippen molar-refractivity contribution >= 4 is 34.1 Å². The zero-order valence-electron chi connectivity index (χ0n) is 15.9. The van der Waals surface area contributed by atoms with Crippen molar-refractivity contribution in [2.24, 2.45) is 18.5 Å². The van der Waals surface area contributed by atoms with Crippen LogP contribution in [0.1, 0.15) is 36.2 Å². The summed E-state index contributed by atoms with van der Waals surface area (Å²) in [6.45, 7) is 0. The summed E-state index contributed by atoms with van der Waals surface area (Å²) in [5.41, 5.74) is 13.8. The largest absolute Gasteiger partial charge is 0.364 e. The lowest BCUT2D eigenvalue weighted by molar-refractivity contribution is 0.0996. The summed E-state index contributed by atoms with van der Waals surface area (Å²) in [5, 5.41) is 7.63. The molecule has 0 radical (unpaired) electrons. The fourth-order valence-corrected chi connectivity index (χ4v) is 3.79. The van der Waals surface area contributed by atoms with Crippen LogP contribution in [0.4, 0.5) is 17.3 Å². The standard InChI is InChI=1S/C20H25N7O/c1-27-10-9-12-14(7-4-8-16(12)27)25-20-18(19(22)28)23-11-17(26-20)24-15-6-3-2-5-13(15)21/h4,7-11,13,15H,2-3,5-6,21H2,1H3,(H2,22,28)(H2,24,25,26)/t13-,15+/m0/s1. The van der Waals surface area contributed by atoms with Gasteiger partial charge in [-0.1, -0.05) is 18.9 Å². The lowest BCUT2D eigenvalue weighted by atomic mass is 9.91. The molecule has 8 nitrogen and oxygen atoms in total. The second kappa shape index (κ2) is 7.47. The first-order chi connectivity index (χ1) is 13.5. The number of aryl methyl sites for hydroxylation is 1. The van der Waals surface area contributed by atoms with Gasteiger partial charge in [0.1, 0.15) is 5.82 Å². The van der Waals surface area contributed by atoms with Crippen LogP contribution in [-0.2, 0) is 7.05 Å². The number of primary amides is 1. The van der Waals surface area contributed by atoms with Crippen LogP contribution in [0.3, 0.4) is 0 Å². The van der Waals surface area contributed by atoms with Crippen LogP contribution in [0.5, 0.6) is 0 Å². The van der Waals surface area contributed by atoms with Crippen LogP contribution in [0.15, 0.2) is 36.7 Å². The molecule has 0 bridgehead atoms. The van der Waals surface area contributed by atoms with Gasteiger partial charge in [0, 0.05) is 41.9 Å². The number of carbonyl (C=O) groups excluding carboxylic acids is 1. The van der Waals surface area contributed by atoms with Crippen LogP contribution < -0.4 is 22.1 Å². The Morgan fingerprint density at radius 1 is 1.25 bits per heavy atom. The summed E-state index contributed by atoms with van der Waals surface area (Å²) in [6.07, 6.45) is 7.80. The van der Waals surface area contributed by atoms with E-state index in [1.165, 1.54) is 6.20 Å². The predicted octanol–water partition coefficient (Wildman–Crippen LogP) is 2.49. The highest BCUT2D eigenvalue weighted by Crippen LogP contribution is 2.28. The molecule has 2 atom stereocenters. The first-order valence-corrected chi connectivity index (χ1v) is 9.53. The van der Waals surface area contributed by atoms with Crippen molar-refractivity contribution in [2.75, 3.05) is 10.6 Å². The van der Waals surface area contributed by atoms with Gasteiger partial charge in [-0.3, -0.25) is 4.79 Å². The average Bonchev–Trinajstić information content (AvgIpc) is 3.06. The molecule has 0 unspecified atom stereocenters. The number of benzene rings is 1. The number of aromatic nitrogens is 3. The summed E-state index contributed by atoms with van der Waals surface area (Å²) in [7, 11) is 1.98. The molecule has 2 aromatic heterocycles. The number of amides is 1. The van der Waals surface area contributed by atoms with E-state index in [9.17, 15) is 4.79 Å². The molecule has 146 valence electrons. The molecule has 1 aliphatic rings. The van der Waals surface area contributed by atoms with Gasteiger partial charge in [0.2, 0.25) is 0 Å². The molecule has 1 aromatic carbocycles. The molecule has 0 saturated heterocycles. The van der Waals surface area contributed by atoms with Gasteiger partial charge in [-0.25, -0.2) is 9.97 Å². The fraction of sp³-hybridized carbons (Fsp3) is 0.350. The quantitative estimate of drug-likeness (QED) is 0.540. The number of anilines is 3. The monoisotopic (exact) mass is 379 g/mol. The highest BCUT2D eigenvalue weighted by Gasteiger charge is 2.23. The smallest absolute Gasteiger partial charge is 0.271 e. The molecular formula is C20H25N7O. The Bertz CT molecular complexity index is 1010. The molecule has 2 heterocycles. The molecule has 6 N–H and O–H groups in total. The van der Waals surface area contributed by atoms with Crippen LogP contribution >= 0.6 is 0 Å². The normalized spacial score (nSPS) is 19.5. The van der Waals surface area contributed by atoms with Crippen molar-refractivity contribution in [1.82, 2.24) is 14.5 Å². The minimum atomic E-state index is -0.629. The predicted molar refractivity (Wildman–Crippen MR) is 111 cm³/mol. The maximum atomic E-state index is 11.9. The number of nitrogens with one attached hydrogen (secondary N) is 2. The highest BCUT2D eigenvalue weighted by molar-refractivity contribution is 5.99. The Labute approximate surface area is 163 Å². The van der Waals surface area contributed by atoms with E-state index in [0.29, 0.717) is 11.6 Å². The lowest BCUT2D eigenvalue weighted by Gasteiger charge is -2.29. The number of nitrogens with two attached hydrogens (primary N) is 2. The van der Waals surface area contributed by atoms with Gasteiger partial charge in [0.25, 0.3) is 5.91 Å². The molecule has 3 aromatic rings. The number of hydrogen-bond donors (Lipinski definition) is 4. The summed E-state index contributed by atoms with van der Waals surface area (Å²) < 4.78 is 2.03. The van der Waals surface area contributed by atoms with E-state index in [-0.39, 0.29) is 17.8 Å². The zero-order chi connectivity index (χ0) is 19.7. The van der Waals surface area contributed by atoms with E-state index in [1.807, 2.05) is 42.1 Å². The Morgan fingerprint density at radius 3 is 2.86 bits per heavy atom. The molecule has 1 saturated carbocycles. The molecule has 0 spiro atoms. The van der Waals surface area contributed by atoms with E-state index in [2.05, 4.69) is 20.6 Å². The summed E-state index contributed by atoms with van der Waals surface area (Å²) in [6, 6.07) is 8.16. The van der Waals surface area contributed by atoms with E-state index in [1.54, 1.807) is 0 Å². The van der Waals surface area contributed by atoms with Gasteiger partial charge < -0.3 is 26.7 Å². The maximum Gasteiger partial charge on any atom is 0.271 e. The molecule has 4 rings (SSSR count). The minimum Gasteiger partial charge on any atom is -0.364 e. The van der Waals surface area contributed by atoms with E-state index in [0.717, 1.165) is 42.3 Å². The van der Waals surface area contributed by atoms with Crippen molar-refractivity contribution in [3.05, 3.63) is 42.4 Å². The SMILES string of the molecule is Cn1ccc2c(Nc3nc(N[C@@H]4CCCC[C@@H]4N)cnc3C(N)=O)cccc21. The number of carbonyl (C=O) groups is 1. The molecular weight excluding hydrogens is 354 g/mol. The average molecular weight is 379 g/mol. The Kier molecular flexibility index (Phi) is 4.87. The van der Waals surface area contributed by atoms with Gasteiger partial charge in [0.05, 0.1) is 6.20 Å². The van der Waals surface area contributed by atoms with Crippen molar-refractivity contribution < 1.29 is 4.79 Å². The van der Waals surface area contributed by atoms with Gasteiger partial charge in [-0.2, -0.15) is 0 Å². The Balaban J connectivity index is 1.67. The second-order valence-corrected chi connectivity index (χ2v) is 7.31. The third kappa shape index (κ3) is 3.50. The maximum absolute atomic E-state index is 11.9. The van der Waals surface area contributed by atoms with Crippen LogP contribution in [0, 0.1) is 0 Å². The van der Waals surface area contributed by atoms with Crippen molar-refractivity contribution in [3.63, 3.8) is 0 Å². The lowest BCUT2D eigenvalue weighted by Crippen LogP contribution is -2.42. The van der Waals surface area contributed by atoms with E-state index < -0.39 is 5.91 Å². The van der Waals surface area contributed by atoms with E-state index in [4.69, 9.17) is 11.5 Å². The molecule has 8 heteroatoms. The van der Waals surface area contributed by atoms with Gasteiger partial charge in [0.15, 0.2) is 11.5 Å². The number of rotatable bonds is 5. The van der Waals surface area contributed by atoms with Crippen LogP contribution in [-0.4, -0.2) is 32.5 Å². The van der Waals surface area contributed by atoms with Crippen molar-refractivity contribution in [3.8, 4) is 0 Å². The van der Waals surface area contributed by atoms with Gasteiger partial charge in [-0.15, -0.1) is 0 Å².